The predicted octanol–water partition coefficient (Wildman–Crippen LogP) is 1.89. The number of hydrogen-bond acceptors (Lipinski definition) is 3. The van der Waals surface area contributed by atoms with E-state index in [0.717, 1.165) is 5.56 Å². The molecule has 21 heavy (non-hydrogen) atoms. The number of aliphatic carboxylic acids is 1. The molecule has 6 heteroatoms. The lowest BCUT2D eigenvalue weighted by molar-refractivity contribution is -0.137. The van der Waals surface area contributed by atoms with Crippen LogP contribution in [0, 0.1) is 11.3 Å². The lowest BCUT2D eigenvalue weighted by Gasteiger charge is -2.08. The van der Waals surface area contributed by atoms with E-state index in [1.165, 1.54) is 4.57 Å². The summed E-state index contributed by atoms with van der Waals surface area (Å²) in [4.78, 5) is 22.8. The molecule has 2 rings (SSSR count). The lowest BCUT2D eigenvalue weighted by atomic mass is 10.1. The summed E-state index contributed by atoms with van der Waals surface area (Å²) >= 11 is 0. The number of carbonyl (C=O) groups is 2. The molecule has 0 saturated carbocycles. The number of nitriles is 1. The fraction of sp³-hybridized carbons (Fsp3) is 0.133. The number of amides is 1. The third-order valence-electron chi connectivity index (χ3n) is 2.86. The van der Waals surface area contributed by atoms with E-state index in [9.17, 15) is 9.59 Å². The molecule has 0 spiro atoms. The van der Waals surface area contributed by atoms with Gasteiger partial charge in [-0.15, -0.1) is 0 Å². The number of hydrogen-bond donors (Lipinski definition) is 2. The number of nitrogens with zero attached hydrogens (tertiary/aromatic N) is 2. The van der Waals surface area contributed by atoms with Crippen molar-refractivity contribution in [1.82, 2.24) is 4.57 Å². The van der Waals surface area contributed by atoms with Gasteiger partial charge in [0.15, 0.2) is 0 Å². The van der Waals surface area contributed by atoms with E-state index in [4.69, 9.17) is 10.4 Å². The van der Waals surface area contributed by atoms with Crippen molar-refractivity contribution in [2.75, 3.05) is 5.32 Å². The maximum Gasteiger partial charge on any atom is 0.323 e. The van der Waals surface area contributed by atoms with Gasteiger partial charge >= 0.3 is 5.97 Å². The molecule has 0 saturated heterocycles. The van der Waals surface area contributed by atoms with E-state index in [2.05, 4.69) is 5.32 Å². The number of rotatable bonds is 5. The number of benzene rings is 1. The van der Waals surface area contributed by atoms with E-state index >= 15 is 0 Å². The van der Waals surface area contributed by atoms with Crippen LogP contribution in [0.3, 0.4) is 0 Å². The smallest absolute Gasteiger partial charge is 0.323 e. The molecule has 0 bridgehead atoms. The second kappa shape index (κ2) is 6.39. The first kappa shape index (κ1) is 14.3. The molecule has 0 aliphatic carbocycles. The van der Waals surface area contributed by atoms with E-state index in [0.29, 0.717) is 12.1 Å². The van der Waals surface area contributed by atoms with Gasteiger partial charge in [0.1, 0.15) is 12.2 Å². The number of carboxylic acid groups (broad SMARTS) is 1. The Labute approximate surface area is 121 Å². The third kappa shape index (κ3) is 3.70. The zero-order valence-electron chi connectivity index (χ0n) is 11.1. The average Bonchev–Trinajstić information content (AvgIpc) is 2.88. The molecule has 0 aliphatic rings. The van der Waals surface area contributed by atoms with Crippen LogP contribution < -0.4 is 5.32 Å². The van der Waals surface area contributed by atoms with Crippen LogP contribution in [0.4, 0.5) is 5.69 Å². The first-order valence-corrected chi connectivity index (χ1v) is 6.24. The molecule has 0 aliphatic heterocycles. The van der Waals surface area contributed by atoms with Gasteiger partial charge in [-0.05, 0) is 29.8 Å². The van der Waals surface area contributed by atoms with Gasteiger partial charge in [-0.2, -0.15) is 5.26 Å². The molecule has 2 N–H and O–H groups in total. The van der Waals surface area contributed by atoms with Crippen molar-refractivity contribution < 1.29 is 14.7 Å². The number of carboxylic acids is 1. The SMILES string of the molecule is N#CCc1ccc(NC(=O)c2cccn2CC(=O)O)cc1. The van der Waals surface area contributed by atoms with Crippen molar-refractivity contribution in [3.63, 3.8) is 0 Å². The summed E-state index contributed by atoms with van der Waals surface area (Å²) in [5.74, 6) is -1.39. The van der Waals surface area contributed by atoms with E-state index in [1.54, 1.807) is 42.6 Å². The molecule has 1 aromatic carbocycles. The number of aromatic nitrogens is 1. The van der Waals surface area contributed by atoms with Crippen molar-refractivity contribution in [3.05, 3.63) is 53.9 Å². The molecule has 1 amide bonds. The highest BCUT2D eigenvalue weighted by molar-refractivity contribution is 6.03. The van der Waals surface area contributed by atoms with Gasteiger partial charge in [0.25, 0.3) is 5.91 Å². The van der Waals surface area contributed by atoms with E-state index < -0.39 is 5.97 Å². The lowest BCUT2D eigenvalue weighted by Crippen LogP contribution is -2.19. The van der Waals surface area contributed by atoms with E-state index in [1.807, 2.05) is 6.07 Å². The summed E-state index contributed by atoms with van der Waals surface area (Å²) in [6.45, 7) is -0.267. The second-order valence-electron chi connectivity index (χ2n) is 4.40. The Kier molecular flexibility index (Phi) is 4.36. The number of nitrogens with one attached hydrogen (secondary N) is 1. The van der Waals surface area contributed by atoms with Gasteiger partial charge in [-0.3, -0.25) is 9.59 Å². The summed E-state index contributed by atoms with van der Waals surface area (Å²) in [6.07, 6.45) is 1.86. The van der Waals surface area contributed by atoms with Gasteiger partial charge in [0.2, 0.25) is 0 Å². The minimum atomic E-state index is -1.01. The topological polar surface area (TPSA) is 95.1 Å². The van der Waals surface area contributed by atoms with Crippen LogP contribution in [0.1, 0.15) is 16.1 Å². The Bertz CT molecular complexity index is 696. The van der Waals surface area contributed by atoms with Gasteiger partial charge in [0, 0.05) is 11.9 Å². The molecule has 2 aromatic rings. The highest BCUT2D eigenvalue weighted by atomic mass is 16.4. The van der Waals surface area contributed by atoms with Crippen molar-refractivity contribution in [3.8, 4) is 6.07 Å². The van der Waals surface area contributed by atoms with Gasteiger partial charge < -0.3 is 15.0 Å². The quantitative estimate of drug-likeness (QED) is 0.876. The van der Waals surface area contributed by atoms with Crippen molar-refractivity contribution in [1.29, 1.82) is 5.26 Å². The summed E-state index contributed by atoms with van der Waals surface area (Å²) in [6, 6.07) is 12.1. The first-order chi connectivity index (χ1) is 10.1. The molecular formula is C15H13N3O3. The van der Waals surface area contributed by atoms with Crippen LogP contribution >= 0.6 is 0 Å². The number of carbonyl (C=O) groups excluding carboxylic acids is 1. The minimum absolute atomic E-state index is 0.267. The molecule has 0 atom stereocenters. The molecule has 1 heterocycles. The molecular weight excluding hydrogens is 270 g/mol. The molecule has 6 nitrogen and oxygen atoms in total. The Hall–Kier alpha value is -3.07. The zero-order chi connectivity index (χ0) is 15.2. The fourth-order valence-electron chi connectivity index (χ4n) is 1.90. The Morgan fingerprint density at radius 1 is 1.24 bits per heavy atom. The minimum Gasteiger partial charge on any atom is -0.480 e. The monoisotopic (exact) mass is 283 g/mol. The van der Waals surface area contributed by atoms with Crippen molar-refractivity contribution in [2.24, 2.45) is 0 Å². The highest BCUT2D eigenvalue weighted by Crippen LogP contribution is 2.12. The summed E-state index contributed by atoms with van der Waals surface area (Å²) in [5.41, 5.74) is 1.73. The Balaban J connectivity index is 2.09. The van der Waals surface area contributed by atoms with Crippen LogP contribution in [-0.4, -0.2) is 21.6 Å². The van der Waals surface area contributed by atoms with E-state index in [-0.39, 0.29) is 18.1 Å². The van der Waals surface area contributed by atoms with Gasteiger partial charge in [-0.25, -0.2) is 0 Å². The maximum absolute atomic E-state index is 12.1. The third-order valence-corrected chi connectivity index (χ3v) is 2.86. The average molecular weight is 283 g/mol. The molecule has 1 aromatic heterocycles. The predicted molar refractivity (Wildman–Crippen MR) is 75.8 cm³/mol. The second-order valence-corrected chi connectivity index (χ2v) is 4.40. The maximum atomic E-state index is 12.1. The summed E-state index contributed by atoms with van der Waals surface area (Å²) in [7, 11) is 0. The molecule has 0 fully saturated rings. The van der Waals surface area contributed by atoms with Crippen LogP contribution in [0.2, 0.25) is 0 Å². The first-order valence-electron chi connectivity index (χ1n) is 6.24. The van der Waals surface area contributed by atoms with Crippen LogP contribution in [0.5, 0.6) is 0 Å². The largest absolute Gasteiger partial charge is 0.480 e. The number of anilines is 1. The van der Waals surface area contributed by atoms with Crippen molar-refractivity contribution >= 4 is 17.6 Å². The normalized spacial score (nSPS) is 9.86. The van der Waals surface area contributed by atoms with Crippen LogP contribution in [0.15, 0.2) is 42.6 Å². The van der Waals surface area contributed by atoms with Crippen molar-refractivity contribution in [2.45, 2.75) is 13.0 Å². The zero-order valence-corrected chi connectivity index (χ0v) is 11.1. The van der Waals surface area contributed by atoms with Crippen LogP contribution in [0.25, 0.3) is 0 Å². The molecule has 106 valence electrons. The standard InChI is InChI=1S/C15H13N3O3/c16-8-7-11-3-5-12(6-4-11)17-15(21)13-2-1-9-18(13)10-14(19)20/h1-6,9H,7,10H2,(H,17,21)(H,19,20). The fourth-order valence-corrected chi connectivity index (χ4v) is 1.90. The van der Waals surface area contributed by atoms with Gasteiger partial charge in [0.05, 0.1) is 12.5 Å². The Morgan fingerprint density at radius 3 is 2.57 bits per heavy atom. The van der Waals surface area contributed by atoms with Crippen LogP contribution in [-0.2, 0) is 17.8 Å². The van der Waals surface area contributed by atoms with Gasteiger partial charge in [-0.1, -0.05) is 12.1 Å². The molecule has 0 radical (unpaired) electrons. The summed E-state index contributed by atoms with van der Waals surface area (Å²) < 4.78 is 1.36. The summed E-state index contributed by atoms with van der Waals surface area (Å²) in [5, 5.41) is 20.1. The Morgan fingerprint density at radius 2 is 1.95 bits per heavy atom. The highest BCUT2D eigenvalue weighted by Gasteiger charge is 2.12. The molecule has 0 unspecified atom stereocenters.